The number of aromatic amines is 1. The molecular weight excluding hydrogens is 424 g/mol. The molecule has 4 aromatic rings. The van der Waals surface area contributed by atoms with Crippen molar-refractivity contribution in [2.45, 2.75) is 25.8 Å². The first-order chi connectivity index (χ1) is 13.6. The fourth-order valence-electron chi connectivity index (χ4n) is 4.30. The second-order valence-electron chi connectivity index (χ2n) is 7.59. The number of rotatable bonds is 3. The first-order valence-corrected chi connectivity index (χ1v) is 9.54. The number of aromatic nitrogens is 2. The van der Waals surface area contributed by atoms with Gasteiger partial charge in [0.1, 0.15) is 5.82 Å². The quantitative estimate of drug-likeness (QED) is 0.439. The predicted octanol–water partition coefficient (Wildman–Crippen LogP) is 5.68. The molecule has 30 heavy (non-hydrogen) atoms. The maximum Gasteiger partial charge on any atom is 0.165 e. The number of likely N-dealkylation sites (N-methyl/N-ethyl adjacent to an activating group) is 1. The molecule has 2 aromatic heterocycles. The van der Waals surface area contributed by atoms with Crippen LogP contribution in [0, 0.1) is 5.82 Å². The lowest BCUT2D eigenvalue weighted by molar-refractivity contribution is 0.386. The van der Waals surface area contributed by atoms with Crippen LogP contribution in [0.4, 0.5) is 10.2 Å². The summed E-state index contributed by atoms with van der Waals surface area (Å²) in [5, 5.41) is 2.47. The van der Waals surface area contributed by atoms with Crippen molar-refractivity contribution in [2.24, 2.45) is 0 Å². The topological polar surface area (TPSA) is 41.1 Å². The van der Waals surface area contributed by atoms with Crippen LogP contribution in [0.15, 0.2) is 42.5 Å². The number of H-pyrrole nitrogens is 1. The van der Waals surface area contributed by atoms with E-state index in [-0.39, 0.29) is 36.4 Å². The van der Waals surface area contributed by atoms with Gasteiger partial charge in [-0.05, 0) is 37.1 Å². The molecule has 0 aliphatic carbocycles. The third-order valence-electron chi connectivity index (χ3n) is 5.89. The van der Waals surface area contributed by atoms with Crippen molar-refractivity contribution in [1.82, 2.24) is 9.97 Å². The summed E-state index contributed by atoms with van der Waals surface area (Å²) in [6, 6.07) is 13.9. The average Bonchev–Trinajstić information content (AvgIpc) is 3.21. The molecule has 0 saturated carbocycles. The zero-order valence-corrected chi connectivity index (χ0v) is 18.7. The van der Waals surface area contributed by atoms with Crippen LogP contribution in [0.1, 0.15) is 23.7 Å². The minimum Gasteiger partial charge on any atom is -0.494 e. The summed E-state index contributed by atoms with van der Waals surface area (Å²) in [6.07, 6.45) is 1.54. The smallest absolute Gasteiger partial charge is 0.165 e. The number of anilines is 1. The SMILES string of the molecule is COc1ccc(Cc2nc3c(c4c2[nH]c2ccccc24)CC(C)N3C)cc1F.Cl.Cl. The van der Waals surface area contributed by atoms with E-state index in [0.717, 1.165) is 34.5 Å². The summed E-state index contributed by atoms with van der Waals surface area (Å²) in [7, 11) is 3.58. The van der Waals surface area contributed by atoms with Gasteiger partial charge in [0, 0.05) is 41.4 Å². The van der Waals surface area contributed by atoms with Gasteiger partial charge in [-0.25, -0.2) is 9.37 Å². The summed E-state index contributed by atoms with van der Waals surface area (Å²) in [5.74, 6) is 0.948. The molecular formula is C23H24Cl2FN3O. The molecule has 7 heteroatoms. The van der Waals surface area contributed by atoms with E-state index in [1.165, 1.54) is 29.5 Å². The van der Waals surface area contributed by atoms with Crippen molar-refractivity contribution in [2.75, 3.05) is 19.1 Å². The van der Waals surface area contributed by atoms with Crippen LogP contribution < -0.4 is 9.64 Å². The predicted molar refractivity (Wildman–Crippen MR) is 125 cm³/mol. The van der Waals surface area contributed by atoms with E-state index < -0.39 is 0 Å². The Morgan fingerprint density at radius 1 is 1.20 bits per heavy atom. The van der Waals surface area contributed by atoms with Gasteiger partial charge < -0.3 is 14.6 Å². The number of benzene rings is 2. The lowest BCUT2D eigenvalue weighted by atomic mass is 10.0. The average molecular weight is 448 g/mol. The van der Waals surface area contributed by atoms with E-state index in [4.69, 9.17) is 9.72 Å². The van der Waals surface area contributed by atoms with E-state index in [2.05, 4.69) is 42.1 Å². The van der Waals surface area contributed by atoms with Gasteiger partial charge in [0.2, 0.25) is 0 Å². The Hall–Kier alpha value is -2.50. The van der Waals surface area contributed by atoms with E-state index in [1.54, 1.807) is 6.07 Å². The molecule has 0 radical (unpaired) electrons. The highest BCUT2D eigenvalue weighted by Crippen LogP contribution is 2.40. The van der Waals surface area contributed by atoms with Crippen molar-refractivity contribution >= 4 is 52.4 Å². The van der Waals surface area contributed by atoms with Gasteiger partial charge in [0.25, 0.3) is 0 Å². The van der Waals surface area contributed by atoms with Gasteiger partial charge in [-0.2, -0.15) is 0 Å². The van der Waals surface area contributed by atoms with E-state index in [0.29, 0.717) is 12.5 Å². The highest BCUT2D eigenvalue weighted by atomic mass is 35.5. The summed E-state index contributed by atoms with van der Waals surface area (Å²) in [6.45, 7) is 2.22. The molecule has 1 aliphatic rings. The summed E-state index contributed by atoms with van der Waals surface area (Å²) in [5.41, 5.74) is 5.28. The van der Waals surface area contributed by atoms with Crippen LogP contribution in [-0.2, 0) is 12.8 Å². The molecule has 1 unspecified atom stereocenters. The highest BCUT2D eigenvalue weighted by molar-refractivity contribution is 6.11. The first-order valence-electron chi connectivity index (χ1n) is 9.54. The molecule has 158 valence electrons. The number of halogens is 3. The molecule has 3 heterocycles. The van der Waals surface area contributed by atoms with Crippen molar-refractivity contribution in [3.63, 3.8) is 0 Å². The minimum absolute atomic E-state index is 0. The van der Waals surface area contributed by atoms with Crippen LogP contribution in [0.3, 0.4) is 0 Å². The molecule has 0 fully saturated rings. The van der Waals surface area contributed by atoms with E-state index in [1.807, 2.05) is 12.1 Å². The van der Waals surface area contributed by atoms with Crippen LogP contribution in [0.5, 0.6) is 5.75 Å². The molecule has 0 bridgehead atoms. The van der Waals surface area contributed by atoms with Crippen LogP contribution in [0.2, 0.25) is 0 Å². The van der Waals surface area contributed by atoms with Crippen molar-refractivity contribution in [1.29, 1.82) is 0 Å². The fourth-order valence-corrected chi connectivity index (χ4v) is 4.30. The molecule has 2 aromatic carbocycles. The standard InChI is InChI=1S/C23H22FN3O.2ClH/c1-13-10-16-21-15-6-4-5-7-18(15)25-22(21)19(26-23(16)27(13)2)12-14-8-9-20(28-3)17(24)11-14;;/h4-9,11,13,25H,10,12H2,1-3H3;2*1H. The Morgan fingerprint density at radius 2 is 1.97 bits per heavy atom. The van der Waals surface area contributed by atoms with Crippen LogP contribution in [-0.4, -0.2) is 30.2 Å². The second-order valence-corrected chi connectivity index (χ2v) is 7.59. The Bertz CT molecular complexity index is 1220. The molecule has 0 amide bonds. The summed E-state index contributed by atoms with van der Waals surface area (Å²) < 4.78 is 19.2. The van der Waals surface area contributed by atoms with Gasteiger partial charge in [-0.15, -0.1) is 24.8 Å². The third kappa shape index (κ3) is 3.36. The monoisotopic (exact) mass is 447 g/mol. The van der Waals surface area contributed by atoms with Gasteiger partial charge in [0.05, 0.1) is 18.3 Å². The molecule has 1 atom stereocenters. The second kappa shape index (κ2) is 8.32. The number of hydrogen-bond donors (Lipinski definition) is 1. The summed E-state index contributed by atoms with van der Waals surface area (Å²) >= 11 is 0. The normalized spacial score (nSPS) is 15.1. The lowest BCUT2D eigenvalue weighted by Crippen LogP contribution is -2.24. The number of nitrogens with zero attached hydrogens (tertiary/aromatic N) is 2. The number of nitrogens with one attached hydrogen (secondary N) is 1. The Morgan fingerprint density at radius 3 is 2.70 bits per heavy atom. The summed E-state index contributed by atoms with van der Waals surface area (Å²) in [4.78, 5) is 10.8. The number of hydrogen-bond acceptors (Lipinski definition) is 3. The zero-order valence-electron chi connectivity index (χ0n) is 17.0. The molecule has 5 rings (SSSR count). The fraction of sp³-hybridized carbons (Fsp3) is 0.261. The Labute approximate surface area is 187 Å². The number of pyridine rings is 1. The highest BCUT2D eigenvalue weighted by Gasteiger charge is 2.29. The van der Waals surface area contributed by atoms with Gasteiger partial charge >= 0.3 is 0 Å². The maximum atomic E-state index is 14.2. The Balaban J connectivity index is 0.00000128. The van der Waals surface area contributed by atoms with Gasteiger partial charge in [-0.1, -0.05) is 24.3 Å². The van der Waals surface area contributed by atoms with Gasteiger partial charge in [-0.3, -0.25) is 0 Å². The molecule has 0 spiro atoms. The number of methoxy groups -OCH3 is 1. The molecule has 1 aliphatic heterocycles. The van der Waals surface area contributed by atoms with Crippen LogP contribution in [0.25, 0.3) is 21.8 Å². The first kappa shape index (κ1) is 22.2. The van der Waals surface area contributed by atoms with Crippen molar-refractivity contribution in [3.05, 3.63) is 65.1 Å². The van der Waals surface area contributed by atoms with E-state index in [9.17, 15) is 4.39 Å². The third-order valence-corrected chi connectivity index (χ3v) is 5.89. The van der Waals surface area contributed by atoms with Crippen molar-refractivity contribution in [3.8, 4) is 5.75 Å². The number of ether oxygens (including phenoxy) is 1. The van der Waals surface area contributed by atoms with E-state index >= 15 is 0 Å². The van der Waals surface area contributed by atoms with Gasteiger partial charge in [0.15, 0.2) is 11.6 Å². The van der Waals surface area contributed by atoms with Crippen molar-refractivity contribution < 1.29 is 9.13 Å². The molecule has 4 nitrogen and oxygen atoms in total. The Kier molecular flexibility index (Phi) is 6.16. The maximum absolute atomic E-state index is 14.2. The lowest BCUT2D eigenvalue weighted by Gasteiger charge is -2.18. The number of fused-ring (bicyclic) bond motifs is 5. The minimum atomic E-state index is -0.347. The molecule has 0 saturated heterocycles. The van der Waals surface area contributed by atoms with Crippen LogP contribution >= 0.6 is 24.8 Å². The number of para-hydroxylation sites is 1. The zero-order chi connectivity index (χ0) is 19.4. The molecule has 1 N–H and O–H groups in total. The largest absolute Gasteiger partial charge is 0.494 e.